The lowest BCUT2D eigenvalue weighted by Crippen LogP contribution is -2.09. The van der Waals surface area contributed by atoms with Gasteiger partial charge in [0.05, 0.1) is 35.0 Å². The number of rotatable bonds is 6. The number of pyridine rings is 1. The maximum absolute atomic E-state index is 12.0. The van der Waals surface area contributed by atoms with Gasteiger partial charge in [-0.3, -0.25) is 0 Å². The van der Waals surface area contributed by atoms with Crippen LogP contribution in [0.4, 0.5) is 0 Å². The molecule has 0 aliphatic heterocycles. The molecule has 2 heterocycles. The van der Waals surface area contributed by atoms with Crippen LogP contribution in [0.25, 0.3) is 0 Å². The minimum atomic E-state index is -3.26. The molecule has 0 N–H and O–H groups in total. The van der Waals surface area contributed by atoms with E-state index in [9.17, 15) is 8.42 Å². The lowest BCUT2D eigenvalue weighted by Gasteiger charge is -2.05. The number of hydrogen-bond donors (Lipinski definition) is 0. The van der Waals surface area contributed by atoms with Crippen molar-refractivity contribution < 1.29 is 13.2 Å². The van der Waals surface area contributed by atoms with Crippen LogP contribution in [0, 0.1) is 0 Å². The Balaban J connectivity index is 2.09. The molecular weight excluding hydrogens is 284 g/mol. The molecule has 19 heavy (non-hydrogen) atoms. The number of sulfone groups is 1. The van der Waals surface area contributed by atoms with Crippen LogP contribution in [0.2, 0.25) is 0 Å². The molecule has 0 bridgehead atoms. The van der Waals surface area contributed by atoms with Crippen molar-refractivity contribution in [1.82, 2.24) is 9.97 Å². The molecule has 0 unspecified atom stereocenters. The third kappa shape index (κ3) is 4.29. The van der Waals surface area contributed by atoms with Gasteiger partial charge in [-0.1, -0.05) is 6.07 Å². The zero-order valence-electron chi connectivity index (χ0n) is 10.4. The highest BCUT2D eigenvalue weighted by Crippen LogP contribution is 2.14. The van der Waals surface area contributed by atoms with E-state index in [2.05, 4.69) is 9.97 Å². The summed E-state index contributed by atoms with van der Waals surface area (Å²) in [6.45, 7) is 2.36. The quantitative estimate of drug-likeness (QED) is 0.816. The smallest absolute Gasteiger partial charge is 0.213 e. The van der Waals surface area contributed by atoms with Gasteiger partial charge in [-0.2, -0.15) is 0 Å². The van der Waals surface area contributed by atoms with E-state index in [-0.39, 0.29) is 11.5 Å². The van der Waals surface area contributed by atoms with Gasteiger partial charge in [-0.05, 0) is 13.0 Å². The van der Waals surface area contributed by atoms with Crippen LogP contribution in [0.3, 0.4) is 0 Å². The van der Waals surface area contributed by atoms with Crippen molar-refractivity contribution >= 4 is 21.2 Å². The van der Waals surface area contributed by atoms with E-state index in [0.29, 0.717) is 23.9 Å². The SMILES string of the molecule is CCOc1cccc(CS(=O)(=O)Cc2cscn2)n1. The standard InChI is InChI=1S/C12H14N2O3S2/c1-2-17-12-5-3-4-10(14-12)7-19(15,16)8-11-6-18-9-13-11/h3-6,9H,2,7-8H2,1H3. The Morgan fingerprint density at radius 3 is 2.74 bits per heavy atom. The number of thiazole rings is 1. The maximum atomic E-state index is 12.0. The van der Waals surface area contributed by atoms with E-state index in [4.69, 9.17) is 4.74 Å². The van der Waals surface area contributed by atoms with Crippen LogP contribution >= 0.6 is 11.3 Å². The Morgan fingerprint density at radius 1 is 1.26 bits per heavy atom. The van der Waals surface area contributed by atoms with Crippen molar-refractivity contribution in [1.29, 1.82) is 0 Å². The van der Waals surface area contributed by atoms with Crippen molar-refractivity contribution in [2.75, 3.05) is 6.61 Å². The zero-order valence-corrected chi connectivity index (χ0v) is 12.1. The first-order valence-corrected chi connectivity index (χ1v) is 8.51. The Bertz CT molecular complexity index is 624. The fourth-order valence-corrected chi connectivity index (χ4v) is 3.56. The molecule has 0 fully saturated rings. The summed E-state index contributed by atoms with van der Waals surface area (Å²) in [5.74, 6) is 0.284. The van der Waals surface area contributed by atoms with Crippen molar-refractivity contribution in [3.05, 3.63) is 40.5 Å². The normalized spacial score (nSPS) is 11.4. The summed E-state index contributed by atoms with van der Waals surface area (Å²) >= 11 is 1.38. The minimum Gasteiger partial charge on any atom is -0.478 e. The molecule has 0 radical (unpaired) electrons. The fraction of sp³-hybridized carbons (Fsp3) is 0.333. The van der Waals surface area contributed by atoms with E-state index in [1.54, 1.807) is 29.1 Å². The average Bonchev–Trinajstić information content (AvgIpc) is 2.81. The highest BCUT2D eigenvalue weighted by molar-refractivity contribution is 7.89. The van der Waals surface area contributed by atoms with Crippen LogP contribution in [0.5, 0.6) is 5.88 Å². The van der Waals surface area contributed by atoms with Gasteiger partial charge in [-0.15, -0.1) is 11.3 Å². The van der Waals surface area contributed by atoms with Gasteiger partial charge in [-0.25, -0.2) is 18.4 Å². The maximum Gasteiger partial charge on any atom is 0.213 e. The second-order valence-electron chi connectivity index (χ2n) is 3.91. The molecule has 0 aliphatic carbocycles. The summed E-state index contributed by atoms with van der Waals surface area (Å²) in [5, 5.41) is 1.74. The highest BCUT2D eigenvalue weighted by atomic mass is 32.2. The van der Waals surface area contributed by atoms with Gasteiger partial charge < -0.3 is 4.74 Å². The molecule has 0 aliphatic rings. The molecule has 2 aromatic rings. The molecule has 7 heteroatoms. The minimum absolute atomic E-state index is 0.0585. The van der Waals surface area contributed by atoms with Gasteiger partial charge in [0.2, 0.25) is 5.88 Å². The lowest BCUT2D eigenvalue weighted by atomic mass is 10.4. The topological polar surface area (TPSA) is 69.2 Å². The number of hydrogen-bond acceptors (Lipinski definition) is 6. The first-order chi connectivity index (χ1) is 9.09. The molecule has 0 atom stereocenters. The summed E-state index contributed by atoms with van der Waals surface area (Å²) in [5.41, 5.74) is 2.69. The molecule has 0 saturated carbocycles. The van der Waals surface area contributed by atoms with Gasteiger partial charge in [0.15, 0.2) is 9.84 Å². The molecular formula is C12H14N2O3S2. The summed E-state index contributed by atoms with van der Waals surface area (Å²) in [6, 6.07) is 5.13. The molecule has 0 saturated heterocycles. The van der Waals surface area contributed by atoms with Crippen LogP contribution in [-0.2, 0) is 21.3 Å². The molecule has 2 aromatic heterocycles. The number of aromatic nitrogens is 2. The van der Waals surface area contributed by atoms with E-state index < -0.39 is 9.84 Å². The predicted octanol–water partition coefficient (Wildman–Crippen LogP) is 2.05. The number of nitrogens with zero attached hydrogens (tertiary/aromatic N) is 2. The average molecular weight is 298 g/mol. The molecule has 2 rings (SSSR count). The van der Waals surface area contributed by atoms with Crippen LogP contribution < -0.4 is 4.74 Å². The largest absolute Gasteiger partial charge is 0.478 e. The summed E-state index contributed by atoms with van der Waals surface area (Å²) in [4.78, 5) is 8.14. The monoisotopic (exact) mass is 298 g/mol. The van der Waals surface area contributed by atoms with Gasteiger partial charge in [0.1, 0.15) is 0 Å². The first kappa shape index (κ1) is 14.0. The van der Waals surface area contributed by atoms with Crippen LogP contribution in [0.15, 0.2) is 29.1 Å². The van der Waals surface area contributed by atoms with Crippen molar-refractivity contribution in [3.63, 3.8) is 0 Å². The zero-order chi connectivity index (χ0) is 13.7. The summed E-state index contributed by atoms with van der Waals surface area (Å²) in [6.07, 6.45) is 0. The highest BCUT2D eigenvalue weighted by Gasteiger charge is 2.15. The summed E-state index contributed by atoms with van der Waals surface area (Å²) < 4.78 is 29.3. The second-order valence-corrected chi connectivity index (χ2v) is 6.70. The van der Waals surface area contributed by atoms with Crippen molar-refractivity contribution in [3.8, 4) is 5.88 Å². The van der Waals surface area contributed by atoms with E-state index in [1.165, 1.54) is 11.3 Å². The second kappa shape index (κ2) is 6.12. The molecule has 5 nitrogen and oxygen atoms in total. The predicted molar refractivity (Wildman–Crippen MR) is 73.8 cm³/mol. The van der Waals surface area contributed by atoms with E-state index in [0.717, 1.165) is 0 Å². The van der Waals surface area contributed by atoms with Crippen molar-refractivity contribution in [2.24, 2.45) is 0 Å². The summed E-state index contributed by atoms with van der Waals surface area (Å²) in [7, 11) is -3.26. The Morgan fingerprint density at radius 2 is 2.05 bits per heavy atom. The molecule has 0 spiro atoms. The third-order valence-corrected chi connectivity index (χ3v) is 4.40. The molecule has 0 amide bonds. The molecule has 0 aromatic carbocycles. The van der Waals surface area contributed by atoms with Gasteiger partial charge in [0, 0.05) is 11.4 Å². The third-order valence-electron chi connectivity index (χ3n) is 2.29. The Hall–Kier alpha value is -1.47. The van der Waals surface area contributed by atoms with E-state index in [1.807, 2.05) is 6.92 Å². The van der Waals surface area contributed by atoms with Crippen LogP contribution in [-0.4, -0.2) is 25.0 Å². The molecule has 102 valence electrons. The lowest BCUT2D eigenvalue weighted by molar-refractivity contribution is 0.326. The van der Waals surface area contributed by atoms with Gasteiger partial charge >= 0.3 is 0 Å². The Labute approximate surface area is 116 Å². The van der Waals surface area contributed by atoms with Crippen LogP contribution in [0.1, 0.15) is 18.3 Å². The first-order valence-electron chi connectivity index (χ1n) is 5.75. The van der Waals surface area contributed by atoms with Crippen molar-refractivity contribution in [2.45, 2.75) is 18.4 Å². The fourth-order valence-electron chi connectivity index (χ4n) is 1.58. The number of ether oxygens (including phenoxy) is 1. The van der Waals surface area contributed by atoms with Gasteiger partial charge in [0.25, 0.3) is 0 Å². The Kier molecular flexibility index (Phi) is 4.49. The van der Waals surface area contributed by atoms with E-state index >= 15 is 0 Å².